The minimum absolute atomic E-state index is 0.425. The van der Waals surface area contributed by atoms with E-state index in [1.54, 1.807) is 0 Å². The van der Waals surface area contributed by atoms with Crippen LogP contribution in [0.25, 0.3) is 11.1 Å². The Balaban J connectivity index is 2.66. The highest BCUT2D eigenvalue weighted by atomic mass is 79.9. The maximum absolute atomic E-state index is 11.4. The lowest BCUT2D eigenvalue weighted by Gasteiger charge is -2.08. The summed E-state index contributed by atoms with van der Waals surface area (Å²) in [4.78, 5) is 11.4. The average Bonchev–Trinajstić information content (AvgIpc) is 2.29. The van der Waals surface area contributed by atoms with Gasteiger partial charge in [0.05, 0.1) is 5.56 Å². The highest BCUT2D eigenvalue weighted by Gasteiger charge is 2.12. The molecule has 2 N–H and O–H groups in total. The molecule has 0 saturated heterocycles. The highest BCUT2D eigenvalue weighted by molar-refractivity contribution is 9.10. The lowest BCUT2D eigenvalue weighted by Crippen LogP contribution is -2.13. The summed E-state index contributed by atoms with van der Waals surface area (Å²) in [5.41, 5.74) is 7.74. The Kier molecular flexibility index (Phi) is 3.06. The maximum Gasteiger partial charge on any atom is 0.250 e. The molecule has 1 amide bonds. The molecule has 0 atom stereocenters. The molecule has 16 heavy (non-hydrogen) atoms. The number of carbonyl (C=O) groups excluding carboxylic acids is 1. The first-order valence-electron chi connectivity index (χ1n) is 4.84. The van der Waals surface area contributed by atoms with Gasteiger partial charge in [-0.1, -0.05) is 42.5 Å². The first kappa shape index (κ1) is 10.9. The van der Waals surface area contributed by atoms with Crippen molar-refractivity contribution in [1.82, 2.24) is 0 Å². The molecule has 2 nitrogen and oxygen atoms in total. The van der Waals surface area contributed by atoms with Crippen molar-refractivity contribution < 1.29 is 4.79 Å². The Morgan fingerprint density at radius 2 is 1.69 bits per heavy atom. The molecule has 0 radical (unpaired) electrons. The van der Waals surface area contributed by atoms with Crippen molar-refractivity contribution >= 4 is 21.8 Å². The Morgan fingerprint density at radius 3 is 2.31 bits per heavy atom. The largest absolute Gasteiger partial charge is 0.366 e. The summed E-state index contributed by atoms with van der Waals surface area (Å²) in [5, 5.41) is 0. The molecule has 0 aliphatic carbocycles. The summed E-state index contributed by atoms with van der Waals surface area (Å²) in [5.74, 6) is -0.425. The summed E-state index contributed by atoms with van der Waals surface area (Å²) in [6.07, 6.45) is 0. The van der Waals surface area contributed by atoms with Crippen molar-refractivity contribution in [1.29, 1.82) is 0 Å². The number of hydrogen-bond donors (Lipinski definition) is 1. The Bertz CT molecular complexity index is 523. The minimum atomic E-state index is -0.425. The van der Waals surface area contributed by atoms with E-state index >= 15 is 0 Å². The molecule has 2 rings (SSSR count). The second-order valence-electron chi connectivity index (χ2n) is 3.39. The van der Waals surface area contributed by atoms with Crippen LogP contribution in [0.3, 0.4) is 0 Å². The predicted molar refractivity (Wildman–Crippen MR) is 68.1 cm³/mol. The van der Waals surface area contributed by atoms with Crippen LogP contribution in [-0.2, 0) is 0 Å². The van der Waals surface area contributed by atoms with Gasteiger partial charge in [0.1, 0.15) is 0 Å². The second-order valence-corrected chi connectivity index (χ2v) is 4.25. The van der Waals surface area contributed by atoms with E-state index in [1.807, 2.05) is 48.5 Å². The van der Waals surface area contributed by atoms with Gasteiger partial charge < -0.3 is 5.73 Å². The molecule has 0 aliphatic heterocycles. The van der Waals surface area contributed by atoms with Crippen LogP contribution in [0.1, 0.15) is 10.4 Å². The van der Waals surface area contributed by atoms with E-state index in [0.29, 0.717) is 5.56 Å². The number of amides is 1. The molecule has 3 heteroatoms. The SMILES string of the molecule is NC(=O)c1c(Br)cccc1-c1ccccc1. The number of primary amides is 1. The van der Waals surface area contributed by atoms with Gasteiger partial charge in [0, 0.05) is 4.47 Å². The van der Waals surface area contributed by atoms with Crippen molar-refractivity contribution in [3.05, 3.63) is 58.6 Å². The fraction of sp³-hybridized carbons (Fsp3) is 0. The van der Waals surface area contributed by atoms with E-state index in [1.165, 1.54) is 0 Å². The van der Waals surface area contributed by atoms with Gasteiger partial charge in [0.2, 0.25) is 5.91 Å². The Hall–Kier alpha value is -1.61. The third kappa shape index (κ3) is 1.99. The van der Waals surface area contributed by atoms with Gasteiger partial charge in [-0.25, -0.2) is 0 Å². The third-order valence-corrected chi connectivity index (χ3v) is 3.01. The van der Waals surface area contributed by atoms with Crippen LogP contribution in [0.5, 0.6) is 0 Å². The summed E-state index contributed by atoms with van der Waals surface area (Å²) in [7, 11) is 0. The van der Waals surface area contributed by atoms with E-state index < -0.39 is 5.91 Å². The molecule has 0 bridgehead atoms. The summed E-state index contributed by atoms with van der Waals surface area (Å²) in [6.45, 7) is 0. The minimum Gasteiger partial charge on any atom is -0.366 e. The van der Waals surface area contributed by atoms with Gasteiger partial charge in [-0.3, -0.25) is 4.79 Å². The molecule has 80 valence electrons. The van der Waals surface area contributed by atoms with E-state index in [0.717, 1.165) is 15.6 Å². The van der Waals surface area contributed by atoms with Gasteiger partial charge >= 0.3 is 0 Å². The van der Waals surface area contributed by atoms with Crippen LogP contribution in [0.15, 0.2) is 53.0 Å². The van der Waals surface area contributed by atoms with Crippen LogP contribution >= 0.6 is 15.9 Å². The number of rotatable bonds is 2. The molecule has 0 heterocycles. The topological polar surface area (TPSA) is 43.1 Å². The zero-order valence-electron chi connectivity index (χ0n) is 8.48. The molecule has 0 aliphatic rings. The van der Waals surface area contributed by atoms with Crippen LogP contribution in [0.4, 0.5) is 0 Å². The van der Waals surface area contributed by atoms with Crippen molar-refractivity contribution in [3.63, 3.8) is 0 Å². The van der Waals surface area contributed by atoms with Gasteiger partial charge in [-0.2, -0.15) is 0 Å². The predicted octanol–water partition coefficient (Wildman–Crippen LogP) is 3.22. The standard InChI is InChI=1S/C13H10BrNO/c14-11-8-4-7-10(12(11)13(15)16)9-5-2-1-3-6-9/h1-8H,(H2,15,16). The van der Waals surface area contributed by atoms with Crippen LogP contribution < -0.4 is 5.73 Å². The Morgan fingerprint density at radius 1 is 1.00 bits per heavy atom. The second kappa shape index (κ2) is 4.49. The first-order chi connectivity index (χ1) is 7.70. The molecular weight excluding hydrogens is 266 g/mol. The normalized spacial score (nSPS) is 10.1. The lowest BCUT2D eigenvalue weighted by atomic mass is 9.99. The molecular formula is C13H10BrNO. The summed E-state index contributed by atoms with van der Waals surface area (Å²) >= 11 is 3.34. The highest BCUT2D eigenvalue weighted by Crippen LogP contribution is 2.28. The Labute approximate surface area is 102 Å². The lowest BCUT2D eigenvalue weighted by molar-refractivity contribution is 0.1000. The van der Waals surface area contributed by atoms with Crippen LogP contribution in [0.2, 0.25) is 0 Å². The number of benzene rings is 2. The summed E-state index contributed by atoms with van der Waals surface area (Å²) < 4.78 is 0.723. The van der Waals surface area contributed by atoms with E-state index in [9.17, 15) is 4.79 Å². The molecule has 2 aromatic carbocycles. The average molecular weight is 276 g/mol. The molecule has 0 saturated carbocycles. The first-order valence-corrected chi connectivity index (χ1v) is 5.63. The van der Waals surface area contributed by atoms with Crippen LogP contribution in [-0.4, -0.2) is 5.91 Å². The van der Waals surface area contributed by atoms with Gasteiger partial charge in [0.15, 0.2) is 0 Å². The monoisotopic (exact) mass is 275 g/mol. The number of hydrogen-bond acceptors (Lipinski definition) is 1. The van der Waals surface area contributed by atoms with Crippen molar-refractivity contribution in [3.8, 4) is 11.1 Å². The molecule has 0 spiro atoms. The zero-order valence-corrected chi connectivity index (χ0v) is 10.1. The zero-order chi connectivity index (χ0) is 11.5. The van der Waals surface area contributed by atoms with E-state index in [2.05, 4.69) is 15.9 Å². The van der Waals surface area contributed by atoms with Crippen molar-refractivity contribution in [2.24, 2.45) is 5.73 Å². The van der Waals surface area contributed by atoms with Crippen molar-refractivity contribution in [2.75, 3.05) is 0 Å². The molecule has 0 aromatic heterocycles. The van der Waals surface area contributed by atoms with E-state index in [-0.39, 0.29) is 0 Å². The van der Waals surface area contributed by atoms with Crippen LogP contribution in [0, 0.1) is 0 Å². The number of nitrogens with two attached hydrogens (primary N) is 1. The number of carbonyl (C=O) groups is 1. The smallest absolute Gasteiger partial charge is 0.250 e. The fourth-order valence-electron chi connectivity index (χ4n) is 1.63. The maximum atomic E-state index is 11.4. The van der Waals surface area contributed by atoms with Gasteiger partial charge in [-0.15, -0.1) is 0 Å². The fourth-order valence-corrected chi connectivity index (χ4v) is 2.19. The number of halogens is 1. The molecule has 0 fully saturated rings. The van der Waals surface area contributed by atoms with Crippen molar-refractivity contribution in [2.45, 2.75) is 0 Å². The van der Waals surface area contributed by atoms with Gasteiger partial charge in [-0.05, 0) is 33.1 Å². The quantitative estimate of drug-likeness (QED) is 0.899. The third-order valence-electron chi connectivity index (χ3n) is 2.34. The van der Waals surface area contributed by atoms with E-state index in [4.69, 9.17) is 5.73 Å². The van der Waals surface area contributed by atoms with Gasteiger partial charge in [0.25, 0.3) is 0 Å². The molecule has 2 aromatic rings. The molecule has 0 unspecified atom stereocenters. The summed E-state index contributed by atoms with van der Waals surface area (Å²) in [6, 6.07) is 15.3.